The van der Waals surface area contributed by atoms with Gasteiger partial charge in [0.2, 0.25) is 17.8 Å². The molecule has 1 aromatic heterocycles. The van der Waals surface area contributed by atoms with Crippen LogP contribution in [0.4, 0.5) is 17.8 Å². The fourth-order valence-corrected chi connectivity index (χ4v) is 0.427. The van der Waals surface area contributed by atoms with E-state index in [1.54, 1.807) is 0 Å². The van der Waals surface area contributed by atoms with E-state index in [0.29, 0.717) is 0 Å². The van der Waals surface area contributed by atoms with Crippen LogP contribution in [0, 0.1) is 0 Å². The van der Waals surface area contributed by atoms with Crippen LogP contribution in [0.5, 0.6) is 0 Å². The Kier molecular flexibility index (Phi) is 3.26. The topological polar surface area (TPSA) is 117 Å². The third-order valence-electron chi connectivity index (χ3n) is 0.687. The van der Waals surface area contributed by atoms with Crippen molar-refractivity contribution in [2.24, 2.45) is 0 Å². The SMILES string of the molecule is Nc1nc(N)nc(N)n1.[Pb]. The largest absolute Gasteiger partial charge is 0.368 e. The number of anilines is 3. The molecular weight excluding hydrogens is 327 g/mol. The molecule has 1 heterocycles. The molecule has 0 unspecified atom stereocenters. The first-order chi connectivity index (χ1) is 4.18. The third-order valence-corrected chi connectivity index (χ3v) is 0.687. The van der Waals surface area contributed by atoms with Crippen molar-refractivity contribution in [3.05, 3.63) is 0 Å². The van der Waals surface area contributed by atoms with Gasteiger partial charge >= 0.3 is 0 Å². The molecule has 0 spiro atoms. The Morgan fingerprint density at radius 3 is 1.10 bits per heavy atom. The maximum Gasteiger partial charge on any atom is 0.226 e. The van der Waals surface area contributed by atoms with E-state index in [2.05, 4.69) is 15.0 Å². The van der Waals surface area contributed by atoms with Crippen molar-refractivity contribution in [3.63, 3.8) is 0 Å². The van der Waals surface area contributed by atoms with Crippen molar-refractivity contribution in [1.82, 2.24) is 15.0 Å². The Bertz CT molecular complexity index is 174. The predicted octanol–water partition coefficient (Wildman–Crippen LogP) is -1.76. The monoisotopic (exact) mass is 334 g/mol. The maximum atomic E-state index is 5.14. The van der Waals surface area contributed by atoms with E-state index in [-0.39, 0.29) is 45.1 Å². The molecule has 6 nitrogen and oxygen atoms in total. The van der Waals surface area contributed by atoms with Gasteiger partial charge in [-0.1, -0.05) is 0 Å². The van der Waals surface area contributed by atoms with E-state index in [4.69, 9.17) is 17.2 Å². The van der Waals surface area contributed by atoms with Crippen LogP contribution in [0.2, 0.25) is 0 Å². The second kappa shape index (κ2) is 3.49. The number of nitrogens with zero attached hydrogens (tertiary/aromatic N) is 3. The fourth-order valence-electron chi connectivity index (χ4n) is 0.427. The molecule has 0 aliphatic heterocycles. The first-order valence-corrected chi connectivity index (χ1v) is 2.21. The molecule has 10 heavy (non-hydrogen) atoms. The molecular formula is C3H6N6Pb. The van der Waals surface area contributed by atoms with Crippen LogP contribution < -0.4 is 17.2 Å². The zero-order chi connectivity index (χ0) is 6.85. The average Bonchev–Trinajstić information content (AvgIpc) is 1.59. The zero-order valence-electron chi connectivity index (χ0n) is 5.07. The van der Waals surface area contributed by atoms with Crippen molar-refractivity contribution >= 4 is 45.1 Å². The molecule has 0 fully saturated rings. The van der Waals surface area contributed by atoms with Crippen molar-refractivity contribution < 1.29 is 0 Å². The molecule has 1 aromatic rings. The molecule has 0 saturated heterocycles. The van der Waals surface area contributed by atoms with Crippen LogP contribution in [0.1, 0.15) is 0 Å². The van der Waals surface area contributed by atoms with Gasteiger partial charge in [-0.2, -0.15) is 15.0 Å². The summed E-state index contributed by atoms with van der Waals surface area (Å²) >= 11 is 0. The van der Waals surface area contributed by atoms with Gasteiger partial charge in [0.05, 0.1) is 0 Å². The number of nitrogen functional groups attached to an aromatic ring is 3. The smallest absolute Gasteiger partial charge is 0.226 e. The molecule has 0 aliphatic carbocycles. The maximum absolute atomic E-state index is 5.14. The van der Waals surface area contributed by atoms with Gasteiger partial charge in [-0.05, 0) is 0 Å². The second-order valence-corrected chi connectivity index (χ2v) is 1.41. The van der Waals surface area contributed by atoms with Crippen LogP contribution in [-0.4, -0.2) is 42.3 Å². The molecule has 0 amide bonds. The summed E-state index contributed by atoms with van der Waals surface area (Å²) in [7, 11) is 0. The molecule has 4 radical (unpaired) electrons. The molecule has 0 aromatic carbocycles. The summed E-state index contributed by atoms with van der Waals surface area (Å²) in [4.78, 5) is 10.5. The van der Waals surface area contributed by atoms with Gasteiger partial charge in [-0.25, -0.2) is 0 Å². The standard InChI is InChI=1S/C3H6N6.Pb/c4-1-7-2(5)9-3(6)8-1;/h(H6,4,5,6,7,8,9);. The molecule has 0 aliphatic rings. The zero-order valence-corrected chi connectivity index (χ0v) is 8.96. The molecule has 1 rings (SSSR count). The molecule has 6 N–H and O–H groups in total. The van der Waals surface area contributed by atoms with E-state index >= 15 is 0 Å². The number of hydrogen-bond acceptors (Lipinski definition) is 6. The number of nitrogens with two attached hydrogens (primary N) is 3. The molecule has 0 atom stereocenters. The Morgan fingerprint density at radius 1 is 0.700 bits per heavy atom. The molecule has 7 heteroatoms. The Labute approximate surface area is 77.4 Å². The predicted molar refractivity (Wildman–Crippen MR) is 38.8 cm³/mol. The summed E-state index contributed by atoms with van der Waals surface area (Å²) in [5.41, 5.74) is 15.4. The van der Waals surface area contributed by atoms with E-state index in [9.17, 15) is 0 Å². The minimum Gasteiger partial charge on any atom is -0.368 e. The average molecular weight is 333 g/mol. The summed E-state index contributed by atoms with van der Waals surface area (Å²) in [5, 5.41) is 0. The number of hydrogen-bond donors (Lipinski definition) is 3. The van der Waals surface area contributed by atoms with E-state index in [1.807, 2.05) is 0 Å². The summed E-state index contributed by atoms with van der Waals surface area (Å²) in [6, 6.07) is 0. The van der Waals surface area contributed by atoms with Gasteiger partial charge in [-0.15, -0.1) is 0 Å². The van der Waals surface area contributed by atoms with Gasteiger partial charge in [-0.3, -0.25) is 0 Å². The fraction of sp³-hybridized carbons (Fsp3) is 0. The van der Waals surface area contributed by atoms with Gasteiger partial charge in [0.1, 0.15) is 0 Å². The minimum absolute atomic E-state index is 0. The Balaban J connectivity index is 0.000000810. The van der Waals surface area contributed by atoms with Crippen molar-refractivity contribution in [2.45, 2.75) is 0 Å². The molecule has 0 saturated carbocycles. The van der Waals surface area contributed by atoms with Crippen LogP contribution in [-0.2, 0) is 0 Å². The summed E-state index contributed by atoms with van der Waals surface area (Å²) in [6.45, 7) is 0. The van der Waals surface area contributed by atoms with Gasteiger partial charge < -0.3 is 17.2 Å². The Hall–Kier alpha value is -0.668. The third kappa shape index (κ3) is 2.29. The van der Waals surface area contributed by atoms with Crippen molar-refractivity contribution in [1.29, 1.82) is 0 Å². The second-order valence-electron chi connectivity index (χ2n) is 1.41. The number of rotatable bonds is 0. The van der Waals surface area contributed by atoms with Crippen molar-refractivity contribution in [2.75, 3.05) is 17.2 Å². The number of aromatic nitrogens is 3. The molecule has 0 bridgehead atoms. The van der Waals surface area contributed by atoms with Crippen LogP contribution in [0.3, 0.4) is 0 Å². The normalized spacial score (nSPS) is 8.40. The van der Waals surface area contributed by atoms with Gasteiger partial charge in [0.15, 0.2) is 0 Å². The first kappa shape index (κ1) is 9.33. The van der Waals surface area contributed by atoms with Gasteiger partial charge in [0, 0.05) is 27.3 Å². The summed E-state index contributed by atoms with van der Waals surface area (Å²) in [6.07, 6.45) is 0. The van der Waals surface area contributed by atoms with E-state index < -0.39 is 0 Å². The quantitative estimate of drug-likeness (QED) is 0.484. The van der Waals surface area contributed by atoms with E-state index in [1.165, 1.54) is 0 Å². The van der Waals surface area contributed by atoms with Crippen LogP contribution in [0.15, 0.2) is 0 Å². The van der Waals surface area contributed by atoms with E-state index in [0.717, 1.165) is 0 Å². The van der Waals surface area contributed by atoms with Crippen molar-refractivity contribution in [3.8, 4) is 0 Å². The van der Waals surface area contributed by atoms with Crippen LogP contribution >= 0.6 is 0 Å². The van der Waals surface area contributed by atoms with Gasteiger partial charge in [0.25, 0.3) is 0 Å². The first-order valence-electron chi connectivity index (χ1n) is 2.21. The molecule has 52 valence electrons. The van der Waals surface area contributed by atoms with Crippen LogP contribution in [0.25, 0.3) is 0 Å². The minimum atomic E-state index is 0. The Morgan fingerprint density at radius 2 is 0.900 bits per heavy atom. The summed E-state index contributed by atoms with van der Waals surface area (Å²) in [5.74, 6) is 0.125. The summed E-state index contributed by atoms with van der Waals surface area (Å²) < 4.78 is 0.